The highest BCUT2D eigenvalue weighted by molar-refractivity contribution is 7.99. The highest BCUT2D eigenvalue weighted by Crippen LogP contribution is 2.29. The lowest BCUT2D eigenvalue weighted by Gasteiger charge is -2.04. The molecule has 0 bridgehead atoms. The molecule has 0 aromatic carbocycles. The van der Waals surface area contributed by atoms with Crippen LogP contribution in [-0.2, 0) is 0 Å². The molecule has 1 aliphatic rings. The van der Waals surface area contributed by atoms with Crippen LogP contribution in [-0.4, -0.2) is 23.5 Å². The molecule has 4 N–H and O–H groups in total. The normalized spacial score (nSPS) is 30.3. The van der Waals surface area contributed by atoms with Crippen LogP contribution in [0.3, 0.4) is 0 Å². The maximum Gasteiger partial charge on any atom is 0.186 e. The van der Waals surface area contributed by atoms with Crippen LogP contribution >= 0.6 is 11.8 Å². The van der Waals surface area contributed by atoms with Gasteiger partial charge in [0.15, 0.2) is 5.96 Å². The standard InChI is InChI=1S/C7H15N3S/c1-11-6-3-2-5(4-6)10-7(8)9/h5-6H,2-4H2,1H3,(H4,8,9,10). The topological polar surface area (TPSA) is 64.4 Å². The molecule has 0 amide bonds. The quantitative estimate of drug-likeness (QED) is 0.473. The molecule has 2 unspecified atom stereocenters. The van der Waals surface area contributed by atoms with Gasteiger partial charge < -0.3 is 11.5 Å². The van der Waals surface area contributed by atoms with Gasteiger partial charge in [-0.15, -0.1) is 0 Å². The monoisotopic (exact) mass is 173 g/mol. The third-order valence-corrected chi connectivity index (χ3v) is 3.12. The van der Waals surface area contributed by atoms with Crippen molar-refractivity contribution in [1.29, 1.82) is 0 Å². The second kappa shape index (κ2) is 3.85. The Morgan fingerprint density at radius 1 is 1.45 bits per heavy atom. The Hall–Kier alpha value is -0.380. The van der Waals surface area contributed by atoms with Gasteiger partial charge in [-0.2, -0.15) is 11.8 Å². The number of hydrogen-bond acceptors (Lipinski definition) is 2. The van der Waals surface area contributed by atoms with Gasteiger partial charge in [0.2, 0.25) is 0 Å². The van der Waals surface area contributed by atoms with E-state index in [1.165, 1.54) is 6.42 Å². The molecule has 3 nitrogen and oxygen atoms in total. The summed E-state index contributed by atoms with van der Waals surface area (Å²) in [5, 5.41) is 0.767. The van der Waals surface area contributed by atoms with Crippen LogP contribution in [0.5, 0.6) is 0 Å². The molecule has 64 valence electrons. The highest BCUT2D eigenvalue weighted by atomic mass is 32.2. The first kappa shape index (κ1) is 8.71. The Kier molecular flexibility index (Phi) is 3.05. The largest absolute Gasteiger partial charge is 0.370 e. The molecule has 2 atom stereocenters. The van der Waals surface area contributed by atoms with Gasteiger partial charge in [0, 0.05) is 5.25 Å². The van der Waals surface area contributed by atoms with Gasteiger partial charge in [0.1, 0.15) is 0 Å². The lowest BCUT2D eigenvalue weighted by molar-refractivity contribution is 0.706. The Morgan fingerprint density at radius 3 is 2.64 bits per heavy atom. The summed E-state index contributed by atoms with van der Waals surface area (Å²) in [5.41, 5.74) is 10.6. The van der Waals surface area contributed by atoms with Crippen LogP contribution in [0.4, 0.5) is 0 Å². The predicted octanol–water partition coefficient (Wildman–Crippen LogP) is 0.544. The molecule has 4 heteroatoms. The molecule has 0 aromatic rings. The molecule has 0 aromatic heterocycles. The maximum absolute atomic E-state index is 5.28. The van der Waals surface area contributed by atoms with Gasteiger partial charge in [0.05, 0.1) is 6.04 Å². The maximum atomic E-state index is 5.28. The van der Waals surface area contributed by atoms with Gasteiger partial charge in [-0.05, 0) is 25.5 Å². The molecule has 0 aliphatic heterocycles. The third-order valence-electron chi connectivity index (χ3n) is 2.02. The molecular weight excluding hydrogens is 158 g/mol. The van der Waals surface area contributed by atoms with E-state index in [2.05, 4.69) is 11.2 Å². The summed E-state index contributed by atoms with van der Waals surface area (Å²) in [4.78, 5) is 4.13. The van der Waals surface area contributed by atoms with Gasteiger partial charge in [-0.25, -0.2) is 0 Å². The highest BCUT2D eigenvalue weighted by Gasteiger charge is 2.23. The molecule has 0 heterocycles. The van der Waals surface area contributed by atoms with Crippen molar-refractivity contribution >= 4 is 17.7 Å². The number of thioether (sulfide) groups is 1. The number of nitrogens with two attached hydrogens (primary N) is 2. The summed E-state index contributed by atoms with van der Waals surface area (Å²) < 4.78 is 0. The molecule has 1 fully saturated rings. The summed E-state index contributed by atoms with van der Waals surface area (Å²) in [6.45, 7) is 0. The van der Waals surface area contributed by atoms with Crippen molar-refractivity contribution < 1.29 is 0 Å². The fraction of sp³-hybridized carbons (Fsp3) is 0.857. The van der Waals surface area contributed by atoms with Crippen LogP contribution < -0.4 is 11.5 Å². The summed E-state index contributed by atoms with van der Waals surface area (Å²) in [7, 11) is 0. The van der Waals surface area contributed by atoms with E-state index in [1.54, 1.807) is 0 Å². The van der Waals surface area contributed by atoms with Crippen molar-refractivity contribution in [2.45, 2.75) is 30.6 Å². The minimum atomic E-state index is 0.233. The van der Waals surface area contributed by atoms with E-state index in [4.69, 9.17) is 11.5 Å². The second-order valence-corrected chi connectivity index (χ2v) is 4.02. The Balaban J connectivity index is 2.36. The van der Waals surface area contributed by atoms with Crippen molar-refractivity contribution in [3.8, 4) is 0 Å². The van der Waals surface area contributed by atoms with Gasteiger partial charge in [-0.1, -0.05) is 0 Å². The first-order chi connectivity index (χ1) is 5.22. The van der Waals surface area contributed by atoms with Crippen molar-refractivity contribution in [1.82, 2.24) is 0 Å². The molecule has 0 radical (unpaired) electrons. The fourth-order valence-electron chi connectivity index (χ4n) is 1.46. The van der Waals surface area contributed by atoms with Crippen molar-refractivity contribution in [2.24, 2.45) is 16.5 Å². The molecule has 11 heavy (non-hydrogen) atoms. The Morgan fingerprint density at radius 2 is 2.18 bits per heavy atom. The minimum Gasteiger partial charge on any atom is -0.370 e. The molecular formula is C7H15N3S. The number of rotatable bonds is 2. The van der Waals surface area contributed by atoms with E-state index in [0.717, 1.165) is 18.1 Å². The molecule has 0 spiro atoms. The van der Waals surface area contributed by atoms with Crippen LogP contribution in [0, 0.1) is 0 Å². The first-order valence-corrected chi connectivity index (χ1v) is 5.12. The zero-order valence-electron chi connectivity index (χ0n) is 6.79. The van der Waals surface area contributed by atoms with Crippen molar-refractivity contribution in [3.63, 3.8) is 0 Å². The SMILES string of the molecule is CSC1CCC(N=C(N)N)C1. The Labute approximate surface area is 71.6 Å². The zero-order chi connectivity index (χ0) is 8.27. The lowest BCUT2D eigenvalue weighted by atomic mass is 10.3. The van der Waals surface area contributed by atoms with Gasteiger partial charge in [-0.3, -0.25) is 4.99 Å². The fourth-order valence-corrected chi connectivity index (χ4v) is 2.25. The van der Waals surface area contributed by atoms with Crippen molar-refractivity contribution in [3.05, 3.63) is 0 Å². The van der Waals surface area contributed by atoms with E-state index in [1.807, 2.05) is 11.8 Å². The summed E-state index contributed by atoms with van der Waals surface area (Å²) >= 11 is 1.91. The second-order valence-electron chi connectivity index (χ2n) is 2.88. The van der Waals surface area contributed by atoms with Crippen molar-refractivity contribution in [2.75, 3.05) is 6.26 Å². The number of hydrogen-bond donors (Lipinski definition) is 2. The van der Waals surface area contributed by atoms with E-state index in [0.29, 0.717) is 6.04 Å². The summed E-state index contributed by atoms with van der Waals surface area (Å²) in [5.74, 6) is 0.233. The first-order valence-electron chi connectivity index (χ1n) is 3.84. The minimum absolute atomic E-state index is 0.233. The average Bonchev–Trinajstić information content (AvgIpc) is 2.34. The molecule has 1 saturated carbocycles. The molecule has 1 rings (SSSR count). The van der Waals surface area contributed by atoms with Crippen LogP contribution in [0.25, 0.3) is 0 Å². The number of aliphatic imine (C=N–C) groups is 1. The number of nitrogens with zero attached hydrogens (tertiary/aromatic N) is 1. The third kappa shape index (κ3) is 2.61. The van der Waals surface area contributed by atoms with E-state index in [-0.39, 0.29) is 5.96 Å². The predicted molar refractivity (Wildman–Crippen MR) is 50.8 cm³/mol. The van der Waals surface area contributed by atoms with Crippen LogP contribution in [0.2, 0.25) is 0 Å². The van der Waals surface area contributed by atoms with Gasteiger partial charge in [0.25, 0.3) is 0 Å². The lowest BCUT2D eigenvalue weighted by Crippen LogP contribution is -2.24. The Bertz CT molecular complexity index is 154. The van der Waals surface area contributed by atoms with E-state index < -0.39 is 0 Å². The molecule has 0 saturated heterocycles. The smallest absolute Gasteiger partial charge is 0.186 e. The van der Waals surface area contributed by atoms with E-state index >= 15 is 0 Å². The zero-order valence-corrected chi connectivity index (χ0v) is 7.60. The van der Waals surface area contributed by atoms with E-state index in [9.17, 15) is 0 Å². The van der Waals surface area contributed by atoms with Gasteiger partial charge >= 0.3 is 0 Å². The summed E-state index contributed by atoms with van der Waals surface area (Å²) in [6, 6.07) is 0.387. The van der Waals surface area contributed by atoms with Crippen LogP contribution in [0.1, 0.15) is 19.3 Å². The summed E-state index contributed by atoms with van der Waals surface area (Å²) in [6.07, 6.45) is 5.67. The number of guanidine groups is 1. The average molecular weight is 173 g/mol. The molecule has 1 aliphatic carbocycles. The van der Waals surface area contributed by atoms with Crippen LogP contribution in [0.15, 0.2) is 4.99 Å².